The summed E-state index contributed by atoms with van der Waals surface area (Å²) in [4.78, 5) is 37.8. The van der Waals surface area contributed by atoms with Gasteiger partial charge in [-0.05, 0) is 47.2 Å². The topological polar surface area (TPSA) is 99.0 Å². The summed E-state index contributed by atoms with van der Waals surface area (Å²) >= 11 is 6.61. The fourth-order valence-electron chi connectivity index (χ4n) is 3.40. The lowest BCUT2D eigenvalue weighted by atomic mass is 10.1. The van der Waals surface area contributed by atoms with Gasteiger partial charge < -0.3 is 9.47 Å². The number of methoxy groups -OCH3 is 1. The molecule has 0 radical (unpaired) electrons. The van der Waals surface area contributed by atoms with E-state index in [1.165, 1.54) is 25.3 Å². The van der Waals surface area contributed by atoms with E-state index in [0.29, 0.717) is 5.02 Å². The molecular formula is C25H19ClN2O6S. The zero-order valence-electron chi connectivity index (χ0n) is 18.5. The molecule has 3 aromatic rings. The van der Waals surface area contributed by atoms with Gasteiger partial charge in [0.2, 0.25) is 0 Å². The van der Waals surface area contributed by atoms with Crippen LogP contribution in [-0.4, -0.2) is 28.1 Å². The van der Waals surface area contributed by atoms with Gasteiger partial charge in [-0.3, -0.25) is 24.6 Å². The first-order valence-corrected chi connectivity index (χ1v) is 11.6. The molecule has 0 N–H and O–H groups in total. The quantitative estimate of drug-likeness (QED) is 0.206. The Bertz CT molecular complexity index is 1310. The average Bonchev–Trinajstić information content (AvgIpc) is 3.11. The number of thioether (sulfide) groups is 1. The van der Waals surface area contributed by atoms with E-state index < -0.39 is 16.1 Å². The number of carbonyl (C=O) groups is 2. The maximum atomic E-state index is 12.9. The van der Waals surface area contributed by atoms with Crippen LogP contribution in [-0.2, 0) is 17.9 Å². The lowest BCUT2D eigenvalue weighted by molar-refractivity contribution is -0.385. The van der Waals surface area contributed by atoms with Crippen molar-refractivity contribution in [3.63, 3.8) is 0 Å². The molecule has 1 aliphatic heterocycles. The molecule has 0 spiro atoms. The third kappa shape index (κ3) is 5.64. The minimum Gasteiger partial charge on any atom is -0.493 e. The van der Waals surface area contributed by atoms with E-state index >= 15 is 0 Å². The number of carbonyl (C=O) groups excluding carboxylic acids is 2. The number of amides is 2. The van der Waals surface area contributed by atoms with Crippen LogP contribution in [0.2, 0.25) is 5.02 Å². The van der Waals surface area contributed by atoms with Crippen LogP contribution in [0.1, 0.15) is 16.7 Å². The second-order valence-electron chi connectivity index (χ2n) is 7.49. The van der Waals surface area contributed by atoms with Crippen molar-refractivity contribution in [2.24, 2.45) is 0 Å². The molecular weight excluding hydrogens is 492 g/mol. The summed E-state index contributed by atoms with van der Waals surface area (Å²) in [5.41, 5.74) is 1.45. The van der Waals surface area contributed by atoms with Crippen molar-refractivity contribution >= 4 is 46.3 Å². The van der Waals surface area contributed by atoms with Crippen molar-refractivity contribution in [3.05, 3.63) is 103 Å². The van der Waals surface area contributed by atoms with E-state index in [1.54, 1.807) is 24.3 Å². The molecule has 0 aromatic heterocycles. The Morgan fingerprint density at radius 2 is 1.74 bits per heavy atom. The SMILES string of the molecule is COc1cc(/C=C2/SC(=O)N(Cc3ccc(Cl)cc3)C2=O)c([N+](=O)[O-])cc1OCc1ccccc1. The molecule has 1 heterocycles. The predicted molar refractivity (Wildman–Crippen MR) is 133 cm³/mol. The number of nitrogens with zero attached hydrogens (tertiary/aromatic N) is 2. The van der Waals surface area contributed by atoms with Gasteiger partial charge in [-0.15, -0.1) is 0 Å². The minimum atomic E-state index is -0.571. The molecule has 1 fully saturated rings. The van der Waals surface area contributed by atoms with Gasteiger partial charge in [-0.1, -0.05) is 54.1 Å². The maximum absolute atomic E-state index is 12.9. The van der Waals surface area contributed by atoms with Crippen LogP contribution < -0.4 is 9.47 Å². The Labute approximate surface area is 210 Å². The Hall–Kier alpha value is -3.82. The molecule has 0 saturated carbocycles. The lowest BCUT2D eigenvalue weighted by Gasteiger charge is -2.13. The summed E-state index contributed by atoms with van der Waals surface area (Å²) in [6, 6.07) is 18.8. The highest BCUT2D eigenvalue weighted by Crippen LogP contribution is 2.39. The van der Waals surface area contributed by atoms with Crippen LogP contribution in [0.4, 0.5) is 10.5 Å². The monoisotopic (exact) mass is 510 g/mol. The summed E-state index contributed by atoms with van der Waals surface area (Å²) in [6.07, 6.45) is 1.33. The number of rotatable bonds is 8. The van der Waals surface area contributed by atoms with Gasteiger partial charge in [-0.2, -0.15) is 0 Å². The van der Waals surface area contributed by atoms with Crippen LogP contribution in [0.25, 0.3) is 6.08 Å². The molecule has 0 atom stereocenters. The highest BCUT2D eigenvalue weighted by molar-refractivity contribution is 8.18. The van der Waals surface area contributed by atoms with Gasteiger partial charge >= 0.3 is 0 Å². The Morgan fingerprint density at radius 3 is 2.40 bits per heavy atom. The molecule has 0 bridgehead atoms. The van der Waals surface area contributed by atoms with Crippen LogP contribution in [0.15, 0.2) is 71.6 Å². The van der Waals surface area contributed by atoms with Crippen molar-refractivity contribution in [1.29, 1.82) is 0 Å². The molecule has 8 nitrogen and oxygen atoms in total. The van der Waals surface area contributed by atoms with Crippen LogP contribution >= 0.6 is 23.4 Å². The summed E-state index contributed by atoms with van der Waals surface area (Å²) in [7, 11) is 1.42. The lowest BCUT2D eigenvalue weighted by Crippen LogP contribution is -2.27. The Balaban J connectivity index is 1.61. The zero-order chi connectivity index (χ0) is 24.9. The first-order valence-electron chi connectivity index (χ1n) is 10.4. The van der Waals surface area contributed by atoms with Crippen LogP contribution in [0.5, 0.6) is 11.5 Å². The number of halogens is 1. The highest BCUT2D eigenvalue weighted by atomic mass is 35.5. The molecule has 0 aliphatic carbocycles. The summed E-state index contributed by atoms with van der Waals surface area (Å²) < 4.78 is 11.1. The largest absolute Gasteiger partial charge is 0.493 e. The average molecular weight is 511 g/mol. The first kappa shape index (κ1) is 24.3. The van der Waals surface area contributed by atoms with Crippen molar-refractivity contribution in [2.75, 3.05) is 7.11 Å². The molecule has 3 aromatic carbocycles. The van der Waals surface area contributed by atoms with E-state index in [9.17, 15) is 19.7 Å². The maximum Gasteiger partial charge on any atom is 0.293 e. The minimum absolute atomic E-state index is 0.0663. The summed E-state index contributed by atoms with van der Waals surface area (Å²) in [5.74, 6) is -0.0816. The van der Waals surface area contributed by atoms with Crippen molar-refractivity contribution < 1.29 is 24.0 Å². The third-order valence-electron chi connectivity index (χ3n) is 5.16. The van der Waals surface area contributed by atoms with E-state index in [4.69, 9.17) is 21.1 Å². The normalized spacial score (nSPS) is 14.5. The van der Waals surface area contributed by atoms with Crippen LogP contribution in [0, 0.1) is 10.1 Å². The molecule has 35 heavy (non-hydrogen) atoms. The molecule has 10 heteroatoms. The third-order valence-corrected chi connectivity index (χ3v) is 6.32. The molecule has 4 rings (SSSR count). The fourth-order valence-corrected chi connectivity index (χ4v) is 4.35. The predicted octanol–water partition coefficient (Wildman–Crippen LogP) is 6.07. The molecule has 178 valence electrons. The standard InChI is InChI=1S/C25H19ClN2O6S/c1-33-21-11-18(20(28(31)32)13-22(21)34-15-17-5-3-2-4-6-17)12-23-24(29)27(25(30)35-23)14-16-7-9-19(26)10-8-16/h2-13H,14-15H2,1H3/b23-12+. The number of hydrogen-bond acceptors (Lipinski definition) is 7. The Kier molecular flexibility index (Phi) is 7.38. The number of ether oxygens (including phenoxy) is 2. The molecule has 0 unspecified atom stereocenters. The molecule has 1 aliphatic rings. The number of benzene rings is 3. The second kappa shape index (κ2) is 10.6. The van der Waals surface area contributed by atoms with Gasteiger partial charge in [0.25, 0.3) is 16.8 Å². The van der Waals surface area contributed by atoms with Crippen molar-refractivity contribution in [1.82, 2.24) is 4.90 Å². The van der Waals surface area contributed by atoms with Crippen LogP contribution in [0.3, 0.4) is 0 Å². The van der Waals surface area contributed by atoms with E-state index in [1.807, 2.05) is 30.3 Å². The number of nitro benzene ring substituents is 1. The van der Waals surface area contributed by atoms with Gasteiger partial charge in [0.1, 0.15) is 6.61 Å². The van der Waals surface area contributed by atoms with Crippen molar-refractivity contribution in [2.45, 2.75) is 13.2 Å². The number of hydrogen-bond donors (Lipinski definition) is 0. The van der Waals surface area contributed by atoms with E-state index in [0.717, 1.165) is 27.8 Å². The van der Waals surface area contributed by atoms with Gasteiger partial charge in [0.15, 0.2) is 11.5 Å². The number of imide groups is 1. The van der Waals surface area contributed by atoms with E-state index in [2.05, 4.69) is 0 Å². The number of nitro groups is 1. The molecule has 1 saturated heterocycles. The van der Waals surface area contributed by atoms with Crippen molar-refractivity contribution in [3.8, 4) is 11.5 Å². The van der Waals surface area contributed by atoms with Gasteiger partial charge in [-0.25, -0.2) is 0 Å². The fraction of sp³-hybridized carbons (Fsp3) is 0.120. The van der Waals surface area contributed by atoms with E-state index in [-0.39, 0.29) is 40.8 Å². The smallest absolute Gasteiger partial charge is 0.293 e. The van der Waals surface area contributed by atoms with Gasteiger partial charge in [0, 0.05) is 5.02 Å². The van der Waals surface area contributed by atoms with Gasteiger partial charge in [0.05, 0.1) is 35.1 Å². The molecule has 2 amide bonds. The highest BCUT2D eigenvalue weighted by Gasteiger charge is 2.35. The first-order chi connectivity index (χ1) is 16.9. The Morgan fingerprint density at radius 1 is 1.03 bits per heavy atom. The zero-order valence-corrected chi connectivity index (χ0v) is 20.0. The summed E-state index contributed by atoms with van der Waals surface area (Å²) in [6.45, 7) is 0.258. The summed E-state index contributed by atoms with van der Waals surface area (Å²) in [5, 5.41) is 11.9. The second-order valence-corrected chi connectivity index (χ2v) is 8.92.